The summed E-state index contributed by atoms with van der Waals surface area (Å²) in [5.41, 5.74) is 6.20. The van der Waals surface area contributed by atoms with E-state index < -0.39 is 17.8 Å². The molecule has 0 bridgehead atoms. The van der Waals surface area contributed by atoms with E-state index in [2.05, 4.69) is 0 Å². The summed E-state index contributed by atoms with van der Waals surface area (Å²) in [6, 6.07) is 4.76. The summed E-state index contributed by atoms with van der Waals surface area (Å²) >= 11 is 6.11. The number of primary amides is 1. The van der Waals surface area contributed by atoms with Crippen LogP contribution in [0.2, 0.25) is 5.02 Å². The highest BCUT2D eigenvalue weighted by Crippen LogP contribution is 2.27. The topological polar surface area (TPSA) is 83.6 Å². The van der Waals surface area contributed by atoms with Crippen LogP contribution in [0.15, 0.2) is 18.2 Å². The minimum Gasteiger partial charge on any atom is -0.481 e. The second-order valence-corrected chi connectivity index (χ2v) is 4.72. The highest BCUT2D eigenvalue weighted by atomic mass is 35.5. The molecule has 6 heteroatoms. The fourth-order valence-corrected chi connectivity index (χ4v) is 2.02. The Balaban J connectivity index is 2.99. The lowest BCUT2D eigenvalue weighted by Crippen LogP contribution is -2.32. The van der Waals surface area contributed by atoms with Crippen molar-refractivity contribution in [3.05, 3.63) is 28.8 Å². The maximum absolute atomic E-state index is 11.0. The van der Waals surface area contributed by atoms with Crippen molar-refractivity contribution in [1.29, 1.82) is 0 Å². The standard InChI is InChI=1S/C13H17ClN2O3/c1-3-16(7-8(2)13(18)19)11-5-4-9(12(15)17)6-10(11)14/h4-6,8H,3,7H2,1-2H3,(H2,15,17)(H,18,19). The number of aliphatic carboxylic acids is 1. The van der Waals surface area contributed by atoms with Gasteiger partial charge in [0.05, 0.1) is 16.6 Å². The van der Waals surface area contributed by atoms with Gasteiger partial charge in [0.25, 0.3) is 0 Å². The molecule has 104 valence electrons. The molecule has 3 N–H and O–H groups in total. The Morgan fingerprint density at radius 3 is 2.53 bits per heavy atom. The molecule has 5 nitrogen and oxygen atoms in total. The number of benzene rings is 1. The van der Waals surface area contributed by atoms with Crippen LogP contribution in [0.5, 0.6) is 0 Å². The number of rotatable bonds is 6. The van der Waals surface area contributed by atoms with Gasteiger partial charge in [0.2, 0.25) is 5.91 Å². The first kappa shape index (κ1) is 15.3. The minimum atomic E-state index is -0.858. The van der Waals surface area contributed by atoms with E-state index in [0.717, 1.165) is 0 Å². The molecule has 1 unspecified atom stereocenters. The van der Waals surface area contributed by atoms with Crippen LogP contribution >= 0.6 is 11.6 Å². The van der Waals surface area contributed by atoms with Crippen LogP contribution in [0.1, 0.15) is 24.2 Å². The van der Waals surface area contributed by atoms with E-state index >= 15 is 0 Å². The summed E-state index contributed by atoms with van der Waals surface area (Å²) in [5, 5.41) is 9.32. The van der Waals surface area contributed by atoms with Crippen molar-refractivity contribution in [2.45, 2.75) is 13.8 Å². The summed E-state index contributed by atoms with van der Waals surface area (Å²) in [7, 11) is 0. The molecule has 0 aliphatic heterocycles. The second kappa shape index (κ2) is 6.43. The molecule has 0 aromatic heterocycles. The predicted molar refractivity (Wildman–Crippen MR) is 74.7 cm³/mol. The van der Waals surface area contributed by atoms with Crippen molar-refractivity contribution in [2.24, 2.45) is 11.7 Å². The Labute approximate surface area is 117 Å². The zero-order chi connectivity index (χ0) is 14.6. The molecular formula is C13H17ClN2O3. The highest BCUT2D eigenvalue weighted by molar-refractivity contribution is 6.33. The van der Waals surface area contributed by atoms with Crippen molar-refractivity contribution < 1.29 is 14.7 Å². The van der Waals surface area contributed by atoms with Gasteiger partial charge in [-0.3, -0.25) is 9.59 Å². The maximum atomic E-state index is 11.0. The van der Waals surface area contributed by atoms with Crippen molar-refractivity contribution in [1.82, 2.24) is 0 Å². The van der Waals surface area contributed by atoms with Gasteiger partial charge >= 0.3 is 5.97 Å². The lowest BCUT2D eigenvalue weighted by atomic mass is 10.1. The molecule has 0 aliphatic rings. The number of nitrogens with zero attached hydrogens (tertiary/aromatic N) is 1. The van der Waals surface area contributed by atoms with E-state index in [9.17, 15) is 9.59 Å². The lowest BCUT2D eigenvalue weighted by Gasteiger charge is -2.26. The molecule has 1 aromatic rings. The Morgan fingerprint density at radius 1 is 1.47 bits per heavy atom. The van der Waals surface area contributed by atoms with Gasteiger partial charge in [-0.05, 0) is 25.1 Å². The summed E-state index contributed by atoms with van der Waals surface area (Å²) in [4.78, 5) is 23.8. The van der Waals surface area contributed by atoms with Crippen molar-refractivity contribution in [3.8, 4) is 0 Å². The van der Waals surface area contributed by atoms with Crippen LogP contribution in [0, 0.1) is 5.92 Å². The lowest BCUT2D eigenvalue weighted by molar-refractivity contribution is -0.140. The van der Waals surface area contributed by atoms with Crippen LogP contribution in [0.3, 0.4) is 0 Å². The molecule has 1 amide bonds. The molecule has 19 heavy (non-hydrogen) atoms. The number of hydrogen-bond acceptors (Lipinski definition) is 3. The number of halogens is 1. The van der Waals surface area contributed by atoms with Crippen molar-refractivity contribution in [2.75, 3.05) is 18.0 Å². The average molecular weight is 285 g/mol. The maximum Gasteiger partial charge on any atom is 0.308 e. The van der Waals surface area contributed by atoms with Gasteiger partial charge in [-0.25, -0.2) is 0 Å². The normalized spacial score (nSPS) is 11.9. The molecule has 0 fully saturated rings. The van der Waals surface area contributed by atoms with Crippen LogP contribution in [0.25, 0.3) is 0 Å². The smallest absolute Gasteiger partial charge is 0.308 e. The SMILES string of the molecule is CCN(CC(C)C(=O)O)c1ccc(C(N)=O)cc1Cl. The molecule has 1 aromatic carbocycles. The number of carboxylic acids is 1. The monoisotopic (exact) mass is 284 g/mol. The number of amides is 1. The van der Waals surface area contributed by atoms with Crippen LogP contribution in [0.4, 0.5) is 5.69 Å². The van der Waals surface area contributed by atoms with E-state index in [4.69, 9.17) is 22.4 Å². The molecule has 0 saturated carbocycles. The second-order valence-electron chi connectivity index (χ2n) is 4.31. The average Bonchev–Trinajstić information content (AvgIpc) is 2.35. The van der Waals surface area contributed by atoms with E-state index in [-0.39, 0.29) is 0 Å². The van der Waals surface area contributed by atoms with E-state index in [1.807, 2.05) is 11.8 Å². The summed E-state index contributed by atoms with van der Waals surface area (Å²) < 4.78 is 0. The Kier molecular flexibility index (Phi) is 5.18. The van der Waals surface area contributed by atoms with E-state index in [0.29, 0.717) is 29.4 Å². The van der Waals surface area contributed by atoms with Gasteiger partial charge < -0.3 is 15.7 Å². The molecule has 0 aliphatic carbocycles. The predicted octanol–water partition coefficient (Wildman–Crippen LogP) is 1.99. The van der Waals surface area contributed by atoms with E-state index in [1.165, 1.54) is 6.07 Å². The van der Waals surface area contributed by atoms with Crippen LogP contribution < -0.4 is 10.6 Å². The van der Waals surface area contributed by atoms with E-state index in [1.54, 1.807) is 19.1 Å². The molecule has 0 saturated heterocycles. The number of nitrogens with two attached hydrogens (primary N) is 1. The molecular weight excluding hydrogens is 268 g/mol. The zero-order valence-corrected chi connectivity index (χ0v) is 11.6. The van der Waals surface area contributed by atoms with Crippen molar-refractivity contribution in [3.63, 3.8) is 0 Å². The van der Waals surface area contributed by atoms with Crippen LogP contribution in [-0.4, -0.2) is 30.1 Å². The summed E-state index contributed by atoms with van der Waals surface area (Å²) in [5.74, 6) is -1.91. The van der Waals surface area contributed by atoms with Gasteiger partial charge in [-0.1, -0.05) is 18.5 Å². The third-order valence-electron chi connectivity index (χ3n) is 2.87. The first-order valence-corrected chi connectivity index (χ1v) is 6.31. The summed E-state index contributed by atoms with van der Waals surface area (Å²) in [6.45, 7) is 4.51. The van der Waals surface area contributed by atoms with Gasteiger partial charge in [0.15, 0.2) is 0 Å². The fourth-order valence-electron chi connectivity index (χ4n) is 1.72. The Bertz CT molecular complexity index is 491. The van der Waals surface area contributed by atoms with Gasteiger partial charge in [0.1, 0.15) is 0 Å². The number of anilines is 1. The Hall–Kier alpha value is -1.75. The third kappa shape index (κ3) is 3.86. The number of carboxylic acid groups (broad SMARTS) is 1. The third-order valence-corrected chi connectivity index (χ3v) is 3.17. The first-order chi connectivity index (χ1) is 8.86. The zero-order valence-electron chi connectivity index (χ0n) is 10.9. The number of carbonyl (C=O) groups is 2. The Morgan fingerprint density at radius 2 is 2.11 bits per heavy atom. The first-order valence-electron chi connectivity index (χ1n) is 5.93. The largest absolute Gasteiger partial charge is 0.481 e. The fraction of sp³-hybridized carbons (Fsp3) is 0.385. The molecule has 0 heterocycles. The molecule has 1 rings (SSSR count). The van der Waals surface area contributed by atoms with Gasteiger partial charge in [0, 0.05) is 18.7 Å². The molecule has 0 spiro atoms. The van der Waals surface area contributed by atoms with Gasteiger partial charge in [-0.2, -0.15) is 0 Å². The molecule has 0 radical (unpaired) electrons. The van der Waals surface area contributed by atoms with Crippen molar-refractivity contribution >= 4 is 29.2 Å². The molecule has 1 atom stereocenters. The number of carbonyl (C=O) groups excluding carboxylic acids is 1. The summed E-state index contributed by atoms with van der Waals surface area (Å²) in [6.07, 6.45) is 0. The minimum absolute atomic E-state index is 0.330. The van der Waals surface area contributed by atoms with Gasteiger partial charge in [-0.15, -0.1) is 0 Å². The number of hydrogen-bond donors (Lipinski definition) is 2. The highest BCUT2D eigenvalue weighted by Gasteiger charge is 2.17. The quantitative estimate of drug-likeness (QED) is 0.837. The van der Waals surface area contributed by atoms with Crippen LogP contribution in [-0.2, 0) is 4.79 Å².